The lowest BCUT2D eigenvalue weighted by Gasteiger charge is -2.28. The number of hydrogen-bond acceptors (Lipinski definition) is 4. The van der Waals surface area contributed by atoms with Gasteiger partial charge < -0.3 is 5.73 Å². The van der Waals surface area contributed by atoms with Crippen molar-refractivity contribution in [3.63, 3.8) is 0 Å². The Kier molecular flexibility index (Phi) is 4.59. The minimum Gasteiger partial charge on any atom is -0.326 e. The molecule has 7 heteroatoms. The van der Waals surface area contributed by atoms with E-state index < -0.39 is 10.0 Å². The van der Waals surface area contributed by atoms with Crippen LogP contribution in [0, 0.1) is 11.8 Å². The molecule has 19 heavy (non-hydrogen) atoms. The molecule has 4 N–H and O–H groups in total. The molecule has 1 saturated carbocycles. The van der Waals surface area contributed by atoms with Gasteiger partial charge in [0.05, 0.1) is 6.20 Å². The molecule has 0 radical (unpaired) electrons. The van der Waals surface area contributed by atoms with Gasteiger partial charge in [-0.05, 0) is 18.3 Å². The van der Waals surface area contributed by atoms with Gasteiger partial charge in [-0.15, -0.1) is 0 Å². The van der Waals surface area contributed by atoms with E-state index in [4.69, 9.17) is 5.73 Å². The molecule has 6 nitrogen and oxygen atoms in total. The minimum atomic E-state index is -3.53. The van der Waals surface area contributed by atoms with Crippen LogP contribution in [0.3, 0.4) is 0 Å². The van der Waals surface area contributed by atoms with E-state index in [0.717, 1.165) is 6.42 Å². The summed E-state index contributed by atoms with van der Waals surface area (Å²) in [6, 6.07) is 0. The topological polar surface area (TPSA) is 101 Å². The molecule has 0 bridgehead atoms. The Balaban J connectivity index is 2.01. The average molecular weight is 286 g/mol. The highest BCUT2D eigenvalue weighted by atomic mass is 32.2. The summed E-state index contributed by atoms with van der Waals surface area (Å²) in [6.07, 6.45) is 6.18. The average Bonchev–Trinajstić information content (AvgIpc) is 2.87. The first-order chi connectivity index (χ1) is 9.04. The Morgan fingerprint density at radius 2 is 2.21 bits per heavy atom. The summed E-state index contributed by atoms with van der Waals surface area (Å²) in [7, 11) is -3.53. The Morgan fingerprint density at radius 1 is 1.47 bits per heavy atom. The molecule has 1 aliphatic carbocycles. The maximum absolute atomic E-state index is 12.2. The van der Waals surface area contributed by atoms with Crippen LogP contribution < -0.4 is 10.5 Å². The number of hydrogen-bond donors (Lipinski definition) is 3. The van der Waals surface area contributed by atoms with Gasteiger partial charge in [0, 0.05) is 18.7 Å². The van der Waals surface area contributed by atoms with Crippen LogP contribution in [0.4, 0.5) is 0 Å². The molecular weight excluding hydrogens is 264 g/mol. The highest BCUT2D eigenvalue weighted by Gasteiger charge is 2.25. The fourth-order valence-corrected chi connectivity index (χ4v) is 3.89. The maximum Gasteiger partial charge on any atom is 0.257 e. The second kappa shape index (κ2) is 6.02. The van der Waals surface area contributed by atoms with E-state index in [-0.39, 0.29) is 11.6 Å². The smallest absolute Gasteiger partial charge is 0.257 e. The monoisotopic (exact) mass is 286 g/mol. The zero-order valence-electron chi connectivity index (χ0n) is 11.2. The van der Waals surface area contributed by atoms with Crippen molar-refractivity contribution in [1.29, 1.82) is 0 Å². The van der Waals surface area contributed by atoms with Crippen LogP contribution in [0.15, 0.2) is 11.2 Å². The molecule has 2 unspecified atom stereocenters. The molecule has 1 aromatic rings. The Hall–Kier alpha value is -0.920. The molecule has 1 aliphatic rings. The molecule has 2 atom stereocenters. The van der Waals surface area contributed by atoms with Crippen LogP contribution in [-0.4, -0.2) is 25.2 Å². The highest BCUT2D eigenvalue weighted by Crippen LogP contribution is 2.29. The number of sulfonamides is 1. The molecule has 0 spiro atoms. The van der Waals surface area contributed by atoms with E-state index >= 15 is 0 Å². The minimum absolute atomic E-state index is 0.0958. The van der Waals surface area contributed by atoms with Crippen molar-refractivity contribution in [2.24, 2.45) is 17.6 Å². The summed E-state index contributed by atoms with van der Waals surface area (Å²) in [4.78, 5) is 0. The van der Waals surface area contributed by atoms with Gasteiger partial charge in [-0.1, -0.05) is 26.2 Å². The molecule has 0 amide bonds. The number of aromatic amines is 1. The summed E-state index contributed by atoms with van der Waals surface area (Å²) in [5.74, 6) is 1.000. The fourth-order valence-electron chi connectivity index (χ4n) is 2.66. The number of nitrogens with zero attached hydrogens (tertiary/aromatic N) is 1. The summed E-state index contributed by atoms with van der Waals surface area (Å²) in [5, 5.41) is 6.36. The second-order valence-corrected chi connectivity index (χ2v) is 7.01. The first kappa shape index (κ1) is 14.5. The van der Waals surface area contributed by atoms with Crippen molar-refractivity contribution >= 4 is 10.0 Å². The molecule has 0 aromatic carbocycles. The van der Waals surface area contributed by atoms with Crippen molar-refractivity contribution in [3.05, 3.63) is 11.8 Å². The van der Waals surface area contributed by atoms with Gasteiger partial charge in [0.25, 0.3) is 10.0 Å². The van der Waals surface area contributed by atoms with Crippen molar-refractivity contribution in [3.8, 4) is 0 Å². The van der Waals surface area contributed by atoms with Crippen molar-refractivity contribution in [1.82, 2.24) is 14.9 Å². The number of aromatic nitrogens is 2. The van der Waals surface area contributed by atoms with Gasteiger partial charge in [-0.2, -0.15) is 5.10 Å². The molecule has 0 saturated heterocycles. The third kappa shape index (κ3) is 3.34. The normalized spacial score (nSPS) is 24.5. The van der Waals surface area contributed by atoms with Gasteiger partial charge in [-0.3, -0.25) is 5.10 Å². The molecule has 1 aromatic heterocycles. The van der Waals surface area contributed by atoms with E-state index in [1.54, 1.807) is 0 Å². The molecule has 1 fully saturated rings. The molecule has 1 heterocycles. The molecular formula is C12H22N4O2S. The Bertz CT molecular complexity index is 512. The SMILES string of the molecule is CC1CCCCC1CNS(=O)(=O)c1[nH]ncc1CN. The predicted octanol–water partition coefficient (Wildman–Crippen LogP) is 0.973. The lowest BCUT2D eigenvalue weighted by atomic mass is 9.81. The molecule has 108 valence electrons. The standard InChI is InChI=1S/C12H22N4O2S/c1-9-4-2-3-5-10(9)8-15-19(17,18)12-11(6-13)7-14-16-12/h7,9-10,15H,2-6,8,13H2,1H3,(H,14,16). The first-order valence-corrected chi connectivity index (χ1v) is 8.25. The number of nitrogens with two attached hydrogens (primary N) is 1. The van der Waals surface area contributed by atoms with E-state index in [1.165, 1.54) is 25.5 Å². The Morgan fingerprint density at radius 3 is 2.89 bits per heavy atom. The highest BCUT2D eigenvalue weighted by molar-refractivity contribution is 7.89. The lowest BCUT2D eigenvalue weighted by Crippen LogP contribution is -2.34. The zero-order valence-corrected chi connectivity index (χ0v) is 12.0. The van der Waals surface area contributed by atoms with Crippen LogP contribution in [-0.2, 0) is 16.6 Å². The van der Waals surface area contributed by atoms with Crippen LogP contribution in [0.25, 0.3) is 0 Å². The van der Waals surface area contributed by atoms with E-state index in [2.05, 4.69) is 21.8 Å². The largest absolute Gasteiger partial charge is 0.326 e. The van der Waals surface area contributed by atoms with Crippen molar-refractivity contribution in [2.45, 2.75) is 44.2 Å². The summed E-state index contributed by atoms with van der Waals surface area (Å²) in [6.45, 7) is 2.85. The number of nitrogens with one attached hydrogen (secondary N) is 2. The van der Waals surface area contributed by atoms with Crippen LogP contribution in [0.1, 0.15) is 38.2 Å². The van der Waals surface area contributed by atoms with Gasteiger partial charge in [-0.25, -0.2) is 13.1 Å². The third-order valence-corrected chi connectivity index (χ3v) is 5.43. The first-order valence-electron chi connectivity index (χ1n) is 6.76. The van der Waals surface area contributed by atoms with Gasteiger partial charge >= 0.3 is 0 Å². The summed E-state index contributed by atoms with van der Waals surface area (Å²) < 4.78 is 27.1. The maximum atomic E-state index is 12.2. The van der Waals surface area contributed by atoms with E-state index in [9.17, 15) is 8.42 Å². The lowest BCUT2D eigenvalue weighted by molar-refractivity contribution is 0.257. The quantitative estimate of drug-likeness (QED) is 0.750. The van der Waals surface area contributed by atoms with Crippen LogP contribution in [0.2, 0.25) is 0 Å². The number of rotatable bonds is 5. The third-order valence-electron chi connectivity index (χ3n) is 3.99. The van der Waals surface area contributed by atoms with Gasteiger partial charge in [0.1, 0.15) is 0 Å². The molecule has 2 rings (SSSR count). The van der Waals surface area contributed by atoms with Gasteiger partial charge in [0.15, 0.2) is 5.03 Å². The van der Waals surface area contributed by atoms with Crippen molar-refractivity contribution in [2.75, 3.05) is 6.54 Å². The Labute approximate surface area is 114 Å². The van der Waals surface area contributed by atoms with E-state index in [0.29, 0.717) is 23.9 Å². The van der Waals surface area contributed by atoms with Crippen LogP contribution >= 0.6 is 0 Å². The van der Waals surface area contributed by atoms with Crippen molar-refractivity contribution < 1.29 is 8.42 Å². The van der Waals surface area contributed by atoms with E-state index in [1.807, 2.05) is 0 Å². The fraction of sp³-hybridized carbons (Fsp3) is 0.750. The summed E-state index contributed by atoms with van der Waals surface area (Å²) in [5.41, 5.74) is 6.02. The second-order valence-electron chi connectivity index (χ2n) is 5.30. The van der Waals surface area contributed by atoms with Crippen LogP contribution in [0.5, 0.6) is 0 Å². The predicted molar refractivity (Wildman–Crippen MR) is 72.8 cm³/mol. The number of H-pyrrole nitrogens is 1. The summed E-state index contributed by atoms with van der Waals surface area (Å²) >= 11 is 0. The zero-order chi connectivity index (χ0) is 13.9. The molecule has 0 aliphatic heterocycles. The van der Waals surface area contributed by atoms with Gasteiger partial charge in [0.2, 0.25) is 0 Å².